The van der Waals surface area contributed by atoms with Crippen LogP contribution in [0.25, 0.3) is 11.4 Å². The third-order valence-corrected chi connectivity index (χ3v) is 4.92. The Labute approximate surface area is 159 Å². The highest BCUT2D eigenvalue weighted by Gasteiger charge is 2.22. The highest BCUT2D eigenvalue weighted by Crippen LogP contribution is 2.29. The maximum atomic E-state index is 4.89. The number of hydrogen-bond acceptors (Lipinski definition) is 6. The molecular formula is C20H25N7. The van der Waals surface area contributed by atoms with Crippen LogP contribution < -0.4 is 10.6 Å². The average Bonchev–Trinajstić information content (AvgIpc) is 3.14. The van der Waals surface area contributed by atoms with Crippen molar-refractivity contribution in [1.82, 2.24) is 29.8 Å². The van der Waals surface area contributed by atoms with Crippen LogP contribution in [-0.2, 0) is 20.0 Å². The molecule has 0 unspecified atom stereocenters. The third-order valence-electron chi connectivity index (χ3n) is 4.92. The Morgan fingerprint density at radius 3 is 2.96 bits per heavy atom. The zero-order valence-corrected chi connectivity index (χ0v) is 15.8. The van der Waals surface area contributed by atoms with Gasteiger partial charge in [0, 0.05) is 49.5 Å². The topological polar surface area (TPSA) is 80.6 Å². The van der Waals surface area contributed by atoms with E-state index in [1.807, 2.05) is 37.8 Å². The molecule has 4 heterocycles. The largest absolute Gasteiger partial charge is 0.360 e. The monoisotopic (exact) mass is 363 g/mol. The molecule has 0 spiro atoms. The molecule has 27 heavy (non-hydrogen) atoms. The molecule has 140 valence electrons. The lowest BCUT2D eigenvalue weighted by Crippen LogP contribution is -2.27. The van der Waals surface area contributed by atoms with Crippen LogP contribution in [0.1, 0.15) is 42.9 Å². The molecule has 0 fully saturated rings. The molecule has 0 radical (unpaired) electrons. The molecule has 1 aliphatic heterocycles. The van der Waals surface area contributed by atoms with Gasteiger partial charge in [-0.3, -0.25) is 4.98 Å². The second-order valence-electron chi connectivity index (χ2n) is 6.87. The fraction of sp³-hybridized carbons (Fsp3) is 0.400. The van der Waals surface area contributed by atoms with Crippen molar-refractivity contribution < 1.29 is 0 Å². The van der Waals surface area contributed by atoms with E-state index in [1.165, 1.54) is 5.56 Å². The molecule has 1 aliphatic rings. The second-order valence-corrected chi connectivity index (χ2v) is 6.87. The summed E-state index contributed by atoms with van der Waals surface area (Å²) in [6.45, 7) is 3.90. The first-order valence-corrected chi connectivity index (χ1v) is 9.51. The third kappa shape index (κ3) is 3.68. The quantitative estimate of drug-likeness (QED) is 0.701. The molecule has 3 aromatic heterocycles. The van der Waals surface area contributed by atoms with Crippen molar-refractivity contribution in [3.8, 4) is 11.4 Å². The van der Waals surface area contributed by atoms with Crippen LogP contribution in [0.4, 0.5) is 5.82 Å². The first-order chi connectivity index (χ1) is 13.3. The number of aromatic nitrogens is 5. The predicted molar refractivity (Wildman–Crippen MR) is 105 cm³/mol. The summed E-state index contributed by atoms with van der Waals surface area (Å²) in [6, 6.07) is 4.03. The summed E-state index contributed by atoms with van der Waals surface area (Å²) in [7, 11) is 2.03. The van der Waals surface area contributed by atoms with Gasteiger partial charge in [0.1, 0.15) is 11.6 Å². The maximum Gasteiger partial charge on any atom is 0.163 e. The molecule has 0 amide bonds. The minimum atomic E-state index is 0.116. The van der Waals surface area contributed by atoms with Gasteiger partial charge < -0.3 is 15.2 Å². The van der Waals surface area contributed by atoms with E-state index in [0.717, 1.165) is 55.3 Å². The van der Waals surface area contributed by atoms with E-state index in [0.29, 0.717) is 5.82 Å². The van der Waals surface area contributed by atoms with Gasteiger partial charge in [0.2, 0.25) is 0 Å². The number of hydrogen-bond donors (Lipinski definition) is 2. The van der Waals surface area contributed by atoms with E-state index in [4.69, 9.17) is 9.97 Å². The molecule has 0 saturated carbocycles. The van der Waals surface area contributed by atoms with E-state index in [-0.39, 0.29) is 6.04 Å². The minimum absolute atomic E-state index is 0.116. The molecule has 0 aliphatic carbocycles. The highest BCUT2D eigenvalue weighted by atomic mass is 15.1. The van der Waals surface area contributed by atoms with Gasteiger partial charge in [-0.25, -0.2) is 15.0 Å². The van der Waals surface area contributed by atoms with Crippen molar-refractivity contribution in [3.05, 3.63) is 54.0 Å². The Balaban J connectivity index is 1.75. The van der Waals surface area contributed by atoms with Gasteiger partial charge in [-0.1, -0.05) is 13.3 Å². The van der Waals surface area contributed by atoms with E-state index in [9.17, 15) is 0 Å². The number of fused-ring (bicyclic) bond motifs is 1. The van der Waals surface area contributed by atoms with Crippen LogP contribution in [0.15, 0.2) is 36.9 Å². The van der Waals surface area contributed by atoms with Crippen molar-refractivity contribution in [1.29, 1.82) is 0 Å². The molecule has 0 bridgehead atoms. The van der Waals surface area contributed by atoms with E-state index < -0.39 is 0 Å². The molecule has 7 heteroatoms. The zero-order chi connectivity index (χ0) is 18.6. The van der Waals surface area contributed by atoms with Crippen molar-refractivity contribution in [2.75, 3.05) is 11.9 Å². The fourth-order valence-electron chi connectivity index (χ4n) is 3.54. The predicted octanol–water partition coefficient (Wildman–Crippen LogP) is 2.87. The molecule has 3 aromatic rings. The van der Waals surface area contributed by atoms with Gasteiger partial charge in [0.25, 0.3) is 0 Å². The Hall–Kier alpha value is -2.80. The van der Waals surface area contributed by atoms with Crippen LogP contribution in [0, 0.1) is 0 Å². The van der Waals surface area contributed by atoms with Gasteiger partial charge in [0.05, 0.1) is 11.7 Å². The van der Waals surface area contributed by atoms with Crippen LogP contribution in [0.5, 0.6) is 0 Å². The molecule has 0 aromatic carbocycles. The Bertz CT molecular complexity index is 904. The average molecular weight is 363 g/mol. The summed E-state index contributed by atoms with van der Waals surface area (Å²) in [6.07, 6.45) is 10.4. The molecule has 1 atom stereocenters. The summed E-state index contributed by atoms with van der Waals surface area (Å²) in [5.74, 6) is 2.66. The van der Waals surface area contributed by atoms with E-state index in [2.05, 4.69) is 32.1 Å². The van der Waals surface area contributed by atoms with Gasteiger partial charge >= 0.3 is 0 Å². The van der Waals surface area contributed by atoms with Gasteiger partial charge in [-0.05, 0) is 31.5 Å². The number of nitrogens with zero attached hydrogens (tertiary/aromatic N) is 5. The fourth-order valence-corrected chi connectivity index (χ4v) is 3.54. The Morgan fingerprint density at radius 2 is 2.22 bits per heavy atom. The second kappa shape index (κ2) is 7.84. The Morgan fingerprint density at radius 1 is 1.30 bits per heavy atom. The SMILES string of the molecule is CCC[C@@H](Nc1nc(-c2cccnc2)nc2c1CCNC2)c1nccn1C. The smallest absolute Gasteiger partial charge is 0.163 e. The number of aryl methyl sites for hydroxylation is 1. The number of rotatable bonds is 6. The molecule has 0 saturated heterocycles. The first kappa shape index (κ1) is 17.6. The molecule has 2 N–H and O–H groups in total. The lowest BCUT2D eigenvalue weighted by Gasteiger charge is -2.24. The highest BCUT2D eigenvalue weighted by molar-refractivity contribution is 5.59. The summed E-state index contributed by atoms with van der Waals surface area (Å²) in [5, 5.41) is 7.09. The van der Waals surface area contributed by atoms with Gasteiger partial charge in [-0.15, -0.1) is 0 Å². The summed E-state index contributed by atoms with van der Waals surface area (Å²) in [5.41, 5.74) is 3.20. The number of imidazole rings is 1. The van der Waals surface area contributed by atoms with Crippen LogP contribution >= 0.6 is 0 Å². The van der Waals surface area contributed by atoms with Crippen molar-refractivity contribution in [3.63, 3.8) is 0 Å². The standard InChI is InChI=1S/C20H25N7/c1-3-5-16(20-23-10-11-27(20)2)24-19-15-7-9-22-13-17(15)25-18(26-19)14-6-4-8-21-12-14/h4,6,8,10-12,16,22H,3,5,7,9,13H2,1-2H3,(H,24,25,26)/t16-/m1/s1. The van der Waals surface area contributed by atoms with E-state index in [1.54, 1.807) is 6.20 Å². The summed E-state index contributed by atoms with van der Waals surface area (Å²) < 4.78 is 2.07. The molecular weight excluding hydrogens is 338 g/mol. The normalized spacial score (nSPS) is 14.6. The molecule has 4 rings (SSSR count). The van der Waals surface area contributed by atoms with Crippen LogP contribution in [0.2, 0.25) is 0 Å². The zero-order valence-electron chi connectivity index (χ0n) is 15.8. The maximum absolute atomic E-state index is 4.89. The van der Waals surface area contributed by atoms with E-state index >= 15 is 0 Å². The van der Waals surface area contributed by atoms with Crippen molar-refractivity contribution in [2.45, 2.75) is 38.8 Å². The Kier molecular flexibility index (Phi) is 5.11. The van der Waals surface area contributed by atoms with Crippen LogP contribution in [0.3, 0.4) is 0 Å². The van der Waals surface area contributed by atoms with Crippen LogP contribution in [-0.4, -0.2) is 31.0 Å². The van der Waals surface area contributed by atoms with Gasteiger partial charge in [0.15, 0.2) is 5.82 Å². The number of anilines is 1. The summed E-state index contributed by atoms with van der Waals surface area (Å²) in [4.78, 5) is 18.5. The first-order valence-electron chi connectivity index (χ1n) is 9.51. The lowest BCUT2D eigenvalue weighted by molar-refractivity contribution is 0.600. The van der Waals surface area contributed by atoms with Crippen molar-refractivity contribution in [2.24, 2.45) is 7.05 Å². The minimum Gasteiger partial charge on any atom is -0.360 e. The number of pyridine rings is 1. The lowest BCUT2D eigenvalue weighted by atomic mass is 10.0. The number of nitrogens with one attached hydrogen (secondary N) is 2. The summed E-state index contributed by atoms with van der Waals surface area (Å²) >= 11 is 0. The van der Waals surface area contributed by atoms with Crippen molar-refractivity contribution >= 4 is 5.82 Å². The van der Waals surface area contributed by atoms with Gasteiger partial charge in [-0.2, -0.15) is 0 Å². The molecule has 7 nitrogen and oxygen atoms in total.